The largest absolute Gasteiger partial charge is 0.367 e. The maximum absolute atomic E-state index is 3.53. The van der Waals surface area contributed by atoms with E-state index >= 15 is 0 Å². The molecular formula is C14H24N2. The van der Waals surface area contributed by atoms with E-state index in [1.54, 1.807) is 0 Å². The Morgan fingerprint density at radius 3 is 2.81 bits per heavy atom. The number of nitrogens with one attached hydrogen (secondary N) is 2. The van der Waals surface area contributed by atoms with Gasteiger partial charge in [-0.1, -0.05) is 32.6 Å². The Morgan fingerprint density at radius 1 is 1.31 bits per heavy atom. The molecule has 0 amide bonds. The van der Waals surface area contributed by atoms with Gasteiger partial charge in [0.25, 0.3) is 0 Å². The molecule has 0 spiro atoms. The van der Waals surface area contributed by atoms with Gasteiger partial charge >= 0.3 is 0 Å². The van der Waals surface area contributed by atoms with Crippen LogP contribution in [0.2, 0.25) is 0 Å². The molecule has 2 N–H and O–H groups in total. The van der Waals surface area contributed by atoms with Crippen LogP contribution in [0.15, 0.2) is 18.5 Å². The van der Waals surface area contributed by atoms with Crippen molar-refractivity contribution in [1.29, 1.82) is 0 Å². The van der Waals surface area contributed by atoms with Crippen molar-refractivity contribution in [3.8, 4) is 0 Å². The summed E-state index contributed by atoms with van der Waals surface area (Å²) in [7, 11) is 0. The molecule has 1 aromatic rings. The van der Waals surface area contributed by atoms with Crippen LogP contribution in [0.25, 0.3) is 0 Å². The zero-order valence-electron chi connectivity index (χ0n) is 10.3. The summed E-state index contributed by atoms with van der Waals surface area (Å²) >= 11 is 0. The van der Waals surface area contributed by atoms with Crippen molar-refractivity contribution in [2.45, 2.75) is 45.6 Å². The third-order valence-corrected chi connectivity index (χ3v) is 3.86. The molecule has 0 aliphatic heterocycles. The van der Waals surface area contributed by atoms with Crippen molar-refractivity contribution < 1.29 is 0 Å². The second-order valence-corrected chi connectivity index (χ2v) is 5.31. The molecule has 0 bridgehead atoms. The predicted molar refractivity (Wildman–Crippen MR) is 68.2 cm³/mol. The fourth-order valence-electron chi connectivity index (χ4n) is 2.63. The summed E-state index contributed by atoms with van der Waals surface area (Å²) in [6.45, 7) is 4.57. The van der Waals surface area contributed by atoms with E-state index in [1.807, 2.05) is 6.20 Å². The highest BCUT2D eigenvalue weighted by Gasteiger charge is 2.17. The van der Waals surface area contributed by atoms with Crippen LogP contribution in [0.3, 0.4) is 0 Å². The van der Waals surface area contributed by atoms with Crippen LogP contribution >= 0.6 is 0 Å². The summed E-state index contributed by atoms with van der Waals surface area (Å²) in [5.41, 5.74) is 1.36. The first kappa shape index (κ1) is 11.7. The lowest BCUT2D eigenvalue weighted by Gasteiger charge is -2.26. The van der Waals surface area contributed by atoms with Crippen molar-refractivity contribution in [3.05, 3.63) is 24.0 Å². The van der Waals surface area contributed by atoms with Crippen molar-refractivity contribution in [2.75, 3.05) is 6.54 Å². The van der Waals surface area contributed by atoms with Crippen LogP contribution < -0.4 is 5.32 Å². The number of hydrogen-bond donors (Lipinski definition) is 2. The summed E-state index contributed by atoms with van der Waals surface area (Å²) in [5.74, 6) is 1.96. The molecule has 0 saturated heterocycles. The fraction of sp³-hybridized carbons (Fsp3) is 0.714. The Kier molecular flexibility index (Phi) is 4.46. The van der Waals surface area contributed by atoms with Gasteiger partial charge in [0.2, 0.25) is 0 Å². The van der Waals surface area contributed by atoms with E-state index in [1.165, 1.54) is 44.2 Å². The van der Waals surface area contributed by atoms with Gasteiger partial charge in [-0.25, -0.2) is 0 Å². The van der Waals surface area contributed by atoms with Gasteiger partial charge in [-0.15, -0.1) is 0 Å². The summed E-state index contributed by atoms with van der Waals surface area (Å²) in [5, 5.41) is 3.53. The number of H-pyrrole nitrogens is 1. The summed E-state index contributed by atoms with van der Waals surface area (Å²) in [6, 6.07) is 2.13. The van der Waals surface area contributed by atoms with Crippen molar-refractivity contribution in [2.24, 2.45) is 11.8 Å². The lowest BCUT2D eigenvalue weighted by molar-refractivity contribution is 0.275. The van der Waals surface area contributed by atoms with Crippen LogP contribution in [-0.4, -0.2) is 11.5 Å². The Bertz CT molecular complexity index is 271. The molecule has 16 heavy (non-hydrogen) atoms. The maximum Gasteiger partial charge on any atom is 0.0220 e. The van der Waals surface area contributed by atoms with Crippen molar-refractivity contribution in [3.63, 3.8) is 0 Å². The van der Waals surface area contributed by atoms with E-state index in [9.17, 15) is 0 Å². The van der Waals surface area contributed by atoms with Crippen LogP contribution in [-0.2, 0) is 6.54 Å². The van der Waals surface area contributed by atoms with Crippen molar-refractivity contribution >= 4 is 0 Å². The van der Waals surface area contributed by atoms with E-state index in [0.717, 1.165) is 18.4 Å². The molecule has 1 aliphatic carbocycles. The zero-order chi connectivity index (χ0) is 11.2. The molecule has 1 fully saturated rings. The van der Waals surface area contributed by atoms with Gasteiger partial charge in [0.1, 0.15) is 0 Å². The van der Waals surface area contributed by atoms with Gasteiger partial charge in [-0.05, 0) is 36.4 Å². The molecule has 2 rings (SSSR count). The SMILES string of the molecule is CC1CCC(CCNCc2cc[nH]c2)CC1. The minimum absolute atomic E-state index is 0.976. The summed E-state index contributed by atoms with van der Waals surface area (Å²) in [4.78, 5) is 3.08. The van der Waals surface area contributed by atoms with Gasteiger partial charge in [-0.3, -0.25) is 0 Å². The van der Waals surface area contributed by atoms with E-state index in [-0.39, 0.29) is 0 Å². The van der Waals surface area contributed by atoms with E-state index in [0.29, 0.717) is 0 Å². The van der Waals surface area contributed by atoms with E-state index < -0.39 is 0 Å². The first-order chi connectivity index (χ1) is 7.84. The molecule has 1 heterocycles. The average Bonchev–Trinajstić information content (AvgIpc) is 2.80. The Hall–Kier alpha value is -0.760. The van der Waals surface area contributed by atoms with Gasteiger partial charge < -0.3 is 10.3 Å². The molecule has 1 saturated carbocycles. The second kappa shape index (κ2) is 6.09. The third kappa shape index (κ3) is 3.67. The molecule has 2 nitrogen and oxygen atoms in total. The maximum atomic E-state index is 3.53. The summed E-state index contributed by atoms with van der Waals surface area (Å²) < 4.78 is 0. The molecule has 1 aromatic heterocycles. The molecule has 90 valence electrons. The molecule has 0 unspecified atom stereocenters. The normalized spacial score (nSPS) is 25.8. The predicted octanol–water partition coefficient (Wildman–Crippen LogP) is 3.32. The molecule has 0 atom stereocenters. The Labute approximate surface area is 98.8 Å². The topological polar surface area (TPSA) is 27.8 Å². The highest BCUT2D eigenvalue weighted by Crippen LogP contribution is 2.29. The monoisotopic (exact) mass is 220 g/mol. The number of hydrogen-bond acceptors (Lipinski definition) is 1. The van der Waals surface area contributed by atoms with Gasteiger partial charge in [0.15, 0.2) is 0 Å². The molecule has 0 radical (unpaired) electrons. The fourth-order valence-corrected chi connectivity index (χ4v) is 2.63. The lowest BCUT2D eigenvalue weighted by atomic mass is 9.81. The van der Waals surface area contributed by atoms with Gasteiger partial charge in [0, 0.05) is 18.9 Å². The minimum Gasteiger partial charge on any atom is -0.367 e. The number of aromatic nitrogens is 1. The van der Waals surface area contributed by atoms with Crippen LogP contribution in [0.1, 0.15) is 44.6 Å². The molecule has 2 heteroatoms. The second-order valence-electron chi connectivity index (χ2n) is 5.31. The lowest BCUT2D eigenvalue weighted by Crippen LogP contribution is -2.20. The van der Waals surface area contributed by atoms with E-state index in [2.05, 4.69) is 29.5 Å². The van der Waals surface area contributed by atoms with Crippen LogP contribution in [0.4, 0.5) is 0 Å². The first-order valence-electron chi connectivity index (χ1n) is 6.67. The Balaban J connectivity index is 1.55. The van der Waals surface area contributed by atoms with Crippen LogP contribution in [0, 0.1) is 11.8 Å². The third-order valence-electron chi connectivity index (χ3n) is 3.86. The van der Waals surface area contributed by atoms with Gasteiger partial charge in [0.05, 0.1) is 0 Å². The van der Waals surface area contributed by atoms with E-state index in [4.69, 9.17) is 0 Å². The van der Waals surface area contributed by atoms with Crippen LogP contribution in [0.5, 0.6) is 0 Å². The molecular weight excluding hydrogens is 196 g/mol. The molecule has 1 aliphatic rings. The minimum atomic E-state index is 0.976. The average molecular weight is 220 g/mol. The smallest absolute Gasteiger partial charge is 0.0220 e. The number of aromatic amines is 1. The highest BCUT2D eigenvalue weighted by molar-refractivity contribution is 5.07. The molecule has 0 aromatic carbocycles. The first-order valence-corrected chi connectivity index (χ1v) is 6.67. The standard InChI is InChI=1S/C14H24N2/c1-12-2-4-13(5-3-12)6-8-15-10-14-7-9-16-11-14/h7,9,11-13,15-16H,2-6,8,10H2,1H3. The summed E-state index contributed by atoms with van der Waals surface area (Å²) in [6.07, 6.45) is 11.2. The zero-order valence-corrected chi connectivity index (χ0v) is 10.3. The highest BCUT2D eigenvalue weighted by atomic mass is 14.9. The van der Waals surface area contributed by atoms with Gasteiger partial charge in [-0.2, -0.15) is 0 Å². The Morgan fingerprint density at radius 2 is 2.12 bits per heavy atom. The quantitative estimate of drug-likeness (QED) is 0.732. The van der Waals surface area contributed by atoms with Crippen molar-refractivity contribution in [1.82, 2.24) is 10.3 Å². The number of rotatable bonds is 5.